The van der Waals surface area contributed by atoms with E-state index in [1.807, 2.05) is 36.5 Å². The van der Waals surface area contributed by atoms with Crippen LogP contribution >= 0.6 is 11.8 Å². The van der Waals surface area contributed by atoms with Crippen molar-refractivity contribution >= 4 is 34.8 Å². The zero-order chi connectivity index (χ0) is 18.6. The Kier molecular flexibility index (Phi) is 5.35. The summed E-state index contributed by atoms with van der Waals surface area (Å²) in [6.07, 6.45) is 3.68. The molecule has 2 aliphatic heterocycles. The van der Waals surface area contributed by atoms with E-state index in [4.69, 9.17) is 5.73 Å². The maximum atomic E-state index is 6.15. The molecular weight excluding hydrogens is 358 g/mol. The molecule has 0 spiro atoms. The van der Waals surface area contributed by atoms with Gasteiger partial charge in [0.1, 0.15) is 18.0 Å². The Morgan fingerprint density at radius 2 is 2.00 bits per heavy atom. The molecule has 1 unspecified atom stereocenters. The molecule has 4 rings (SSSR count). The molecule has 1 fully saturated rings. The second-order valence-corrected chi connectivity index (χ2v) is 7.56. The molecule has 0 amide bonds. The lowest BCUT2D eigenvalue weighted by Gasteiger charge is -2.34. The van der Waals surface area contributed by atoms with Crippen molar-refractivity contribution in [2.75, 3.05) is 53.6 Å². The normalized spacial score (nSPS) is 20.3. The molecule has 3 heterocycles. The van der Waals surface area contributed by atoms with Crippen molar-refractivity contribution in [3.63, 3.8) is 0 Å². The lowest BCUT2D eigenvalue weighted by molar-refractivity contribution is 0.270. The van der Waals surface area contributed by atoms with Crippen LogP contribution in [0.15, 0.2) is 48.3 Å². The number of rotatable bonds is 5. The van der Waals surface area contributed by atoms with Gasteiger partial charge in [-0.25, -0.2) is 9.97 Å². The van der Waals surface area contributed by atoms with Gasteiger partial charge in [0.05, 0.1) is 11.4 Å². The van der Waals surface area contributed by atoms with Gasteiger partial charge in [0, 0.05) is 38.4 Å². The molecule has 0 saturated carbocycles. The lowest BCUT2D eigenvalue weighted by atomic mass is 10.2. The molecule has 1 saturated heterocycles. The number of benzene rings is 1. The summed E-state index contributed by atoms with van der Waals surface area (Å²) in [5.41, 5.74) is 7.91. The van der Waals surface area contributed by atoms with Crippen molar-refractivity contribution in [1.82, 2.24) is 14.9 Å². The van der Waals surface area contributed by atoms with Crippen molar-refractivity contribution in [3.05, 3.63) is 48.3 Å². The smallest absolute Gasteiger partial charge is 0.157 e. The fraction of sp³-hybridized carbons (Fsp3) is 0.368. The quantitative estimate of drug-likeness (QED) is 0.764. The molecule has 0 aliphatic carbocycles. The number of thioether (sulfide) groups is 1. The third-order valence-electron chi connectivity index (χ3n) is 4.96. The second kappa shape index (κ2) is 8.06. The van der Waals surface area contributed by atoms with Crippen LogP contribution in [0.1, 0.15) is 6.92 Å². The maximum Gasteiger partial charge on any atom is 0.157 e. The van der Waals surface area contributed by atoms with Gasteiger partial charge in [-0.2, -0.15) is 0 Å². The van der Waals surface area contributed by atoms with E-state index in [0.717, 1.165) is 55.7 Å². The molecule has 27 heavy (non-hydrogen) atoms. The molecule has 7 nitrogen and oxygen atoms in total. The highest BCUT2D eigenvalue weighted by molar-refractivity contribution is 8.03. The fourth-order valence-corrected chi connectivity index (χ4v) is 4.22. The summed E-state index contributed by atoms with van der Waals surface area (Å²) in [7, 11) is 0. The Labute approximate surface area is 164 Å². The SMILES string of the molecule is CCN1CCN(c2cc(NC3SC=CN3c3ccccc3N)ncn2)CC1. The first kappa shape index (κ1) is 17.9. The highest BCUT2D eigenvalue weighted by Crippen LogP contribution is 2.34. The number of hydrogen-bond acceptors (Lipinski definition) is 8. The topological polar surface area (TPSA) is 73.5 Å². The average molecular weight is 384 g/mol. The summed E-state index contributed by atoms with van der Waals surface area (Å²) in [6, 6.07) is 9.93. The van der Waals surface area contributed by atoms with Gasteiger partial charge < -0.3 is 25.8 Å². The van der Waals surface area contributed by atoms with E-state index < -0.39 is 0 Å². The number of piperazine rings is 1. The van der Waals surface area contributed by atoms with E-state index >= 15 is 0 Å². The Hall–Kier alpha value is -2.45. The van der Waals surface area contributed by atoms with Crippen molar-refractivity contribution in [2.24, 2.45) is 0 Å². The van der Waals surface area contributed by atoms with E-state index in [2.05, 4.69) is 42.3 Å². The first-order chi connectivity index (χ1) is 13.2. The lowest BCUT2D eigenvalue weighted by Crippen LogP contribution is -2.46. The molecule has 8 heteroatoms. The van der Waals surface area contributed by atoms with Crippen LogP contribution in [0.25, 0.3) is 0 Å². The number of para-hydroxylation sites is 2. The van der Waals surface area contributed by atoms with Crippen LogP contribution in [0.3, 0.4) is 0 Å². The number of aromatic nitrogens is 2. The van der Waals surface area contributed by atoms with E-state index in [1.54, 1.807) is 18.1 Å². The first-order valence-electron chi connectivity index (χ1n) is 9.25. The molecule has 1 aromatic heterocycles. The fourth-order valence-electron chi connectivity index (χ4n) is 3.37. The standard InChI is InChI=1S/C19H25N7S/c1-2-24-7-9-25(10-8-24)18-13-17(21-14-22-18)23-19-26(11-12-27-19)16-6-4-3-5-15(16)20/h3-6,11-14,19H,2,7-10,20H2,1H3,(H,21,22,23). The zero-order valence-corrected chi connectivity index (χ0v) is 16.3. The maximum absolute atomic E-state index is 6.15. The number of anilines is 4. The van der Waals surface area contributed by atoms with Crippen LogP contribution in [0.4, 0.5) is 23.0 Å². The first-order valence-corrected chi connectivity index (χ1v) is 10.2. The highest BCUT2D eigenvalue weighted by atomic mass is 32.2. The zero-order valence-electron chi connectivity index (χ0n) is 15.5. The summed E-state index contributed by atoms with van der Waals surface area (Å²) in [5.74, 6) is 1.80. The van der Waals surface area contributed by atoms with Crippen molar-refractivity contribution in [3.8, 4) is 0 Å². The second-order valence-electron chi connectivity index (χ2n) is 6.57. The van der Waals surface area contributed by atoms with Crippen LogP contribution in [-0.2, 0) is 0 Å². The van der Waals surface area contributed by atoms with E-state index in [-0.39, 0.29) is 5.50 Å². The number of likely N-dealkylation sites (N-methyl/N-ethyl adjacent to an activating group) is 1. The molecule has 142 valence electrons. The van der Waals surface area contributed by atoms with Gasteiger partial charge in [0.15, 0.2) is 5.50 Å². The van der Waals surface area contributed by atoms with Gasteiger partial charge in [0.25, 0.3) is 0 Å². The summed E-state index contributed by atoms with van der Waals surface area (Å²) in [6.45, 7) is 7.46. The highest BCUT2D eigenvalue weighted by Gasteiger charge is 2.24. The third kappa shape index (κ3) is 3.96. The van der Waals surface area contributed by atoms with Crippen LogP contribution < -0.4 is 20.9 Å². The van der Waals surface area contributed by atoms with Gasteiger partial charge in [-0.1, -0.05) is 30.8 Å². The molecule has 2 aromatic rings. The molecule has 1 atom stereocenters. The average Bonchev–Trinajstić information content (AvgIpc) is 3.16. The molecular formula is C19H25N7S. The molecule has 2 aliphatic rings. The minimum absolute atomic E-state index is 0.00869. The number of nitrogen functional groups attached to an aromatic ring is 1. The monoisotopic (exact) mass is 383 g/mol. The number of nitrogens with one attached hydrogen (secondary N) is 1. The third-order valence-corrected chi connectivity index (χ3v) is 5.85. The van der Waals surface area contributed by atoms with E-state index in [0.29, 0.717) is 0 Å². The number of hydrogen-bond donors (Lipinski definition) is 2. The van der Waals surface area contributed by atoms with Gasteiger partial charge in [-0.15, -0.1) is 0 Å². The van der Waals surface area contributed by atoms with Gasteiger partial charge in [0.2, 0.25) is 0 Å². The Bertz CT molecular complexity index is 804. The van der Waals surface area contributed by atoms with Crippen LogP contribution in [0.5, 0.6) is 0 Å². The van der Waals surface area contributed by atoms with Crippen LogP contribution in [0, 0.1) is 0 Å². The van der Waals surface area contributed by atoms with Crippen molar-refractivity contribution in [2.45, 2.75) is 12.4 Å². The predicted molar refractivity (Wildman–Crippen MR) is 114 cm³/mol. The summed E-state index contributed by atoms with van der Waals surface area (Å²) < 4.78 is 0. The molecule has 3 N–H and O–H groups in total. The molecule has 0 radical (unpaired) electrons. The Morgan fingerprint density at radius 3 is 2.78 bits per heavy atom. The van der Waals surface area contributed by atoms with E-state index in [1.165, 1.54) is 0 Å². The van der Waals surface area contributed by atoms with Crippen molar-refractivity contribution in [1.29, 1.82) is 0 Å². The summed E-state index contributed by atoms with van der Waals surface area (Å²) in [5, 5.41) is 5.56. The van der Waals surface area contributed by atoms with Crippen LogP contribution in [-0.4, -0.2) is 53.1 Å². The largest absolute Gasteiger partial charge is 0.397 e. The van der Waals surface area contributed by atoms with E-state index in [9.17, 15) is 0 Å². The van der Waals surface area contributed by atoms with Gasteiger partial charge in [-0.3, -0.25) is 0 Å². The summed E-state index contributed by atoms with van der Waals surface area (Å²) >= 11 is 1.69. The van der Waals surface area contributed by atoms with Crippen LogP contribution in [0.2, 0.25) is 0 Å². The summed E-state index contributed by atoms with van der Waals surface area (Å²) in [4.78, 5) is 15.8. The minimum Gasteiger partial charge on any atom is -0.397 e. The molecule has 1 aromatic carbocycles. The number of nitrogens with two attached hydrogens (primary N) is 1. The van der Waals surface area contributed by atoms with Gasteiger partial charge >= 0.3 is 0 Å². The number of nitrogens with zero attached hydrogens (tertiary/aromatic N) is 5. The van der Waals surface area contributed by atoms with Gasteiger partial charge in [-0.05, 0) is 24.1 Å². The predicted octanol–water partition coefficient (Wildman–Crippen LogP) is 2.62. The Morgan fingerprint density at radius 1 is 1.19 bits per heavy atom. The van der Waals surface area contributed by atoms with Crippen molar-refractivity contribution < 1.29 is 0 Å². The Balaban J connectivity index is 1.46. The molecule has 0 bridgehead atoms. The minimum atomic E-state index is 0.00869.